The number of hydrogen-bond donors (Lipinski definition) is 1. The summed E-state index contributed by atoms with van der Waals surface area (Å²) in [6.45, 7) is 0. The molecular weight excluding hydrogens is 268 g/mol. The second kappa shape index (κ2) is 7.49. The van der Waals surface area contributed by atoms with Crippen LogP contribution in [0.25, 0.3) is 5.76 Å². The molecule has 18 heavy (non-hydrogen) atoms. The molecule has 1 N–H and O–H groups in total. The first kappa shape index (κ1) is 14.2. The molecule has 0 aliphatic heterocycles. The molecule has 0 atom stereocenters. The molecule has 1 aromatic carbocycles. The average molecular weight is 281 g/mol. The summed E-state index contributed by atoms with van der Waals surface area (Å²) >= 11 is 0. The van der Waals surface area contributed by atoms with E-state index in [1.165, 1.54) is 6.26 Å². The molecule has 1 aliphatic rings. The molecule has 0 saturated carbocycles. The van der Waals surface area contributed by atoms with Gasteiger partial charge in [0, 0.05) is 22.6 Å². The van der Waals surface area contributed by atoms with Crippen LogP contribution in [0, 0.1) is 0 Å². The number of allylic oxidation sites excluding steroid dienone is 5. The summed E-state index contributed by atoms with van der Waals surface area (Å²) in [5.41, 5.74) is 0.782. The van der Waals surface area contributed by atoms with Crippen molar-refractivity contribution < 1.29 is 26.6 Å². The van der Waals surface area contributed by atoms with E-state index >= 15 is 0 Å². The smallest absolute Gasteiger partial charge is 0.168 e. The fraction of sp³-hybridized carbons (Fsp3) is 0. The van der Waals surface area contributed by atoms with Crippen LogP contribution in [0.1, 0.15) is 5.76 Å². The number of rotatable bonds is 1. The molecule has 3 heteroatoms. The standard InChI is InChI=1S/C10H8O2.C5H5.Fe/c11-10(8-4-1-2-5-8)9-6-3-7-12-9;1-2-4-5-3-1;/h1-7,11H;1-5H;/q;-1;. The Morgan fingerprint density at radius 2 is 1.72 bits per heavy atom. The van der Waals surface area contributed by atoms with Crippen molar-refractivity contribution in [2.75, 3.05) is 0 Å². The summed E-state index contributed by atoms with van der Waals surface area (Å²) < 4.78 is 5.03. The molecule has 0 spiro atoms. The normalized spacial score (nSPS) is 11.7. The zero-order valence-electron chi connectivity index (χ0n) is 9.64. The maximum absolute atomic E-state index is 9.59. The third kappa shape index (κ3) is 3.88. The van der Waals surface area contributed by atoms with Gasteiger partial charge in [-0.1, -0.05) is 24.3 Å². The third-order valence-electron chi connectivity index (χ3n) is 2.25. The van der Waals surface area contributed by atoms with E-state index < -0.39 is 0 Å². The molecule has 1 heterocycles. The minimum Gasteiger partial charge on any atom is -0.504 e. The SMILES string of the molecule is OC(=C1C=CC=C1)c1ccco1.[Fe].c1cc[cH-]c1. The molecule has 1 aromatic heterocycles. The van der Waals surface area contributed by atoms with Gasteiger partial charge in [0.25, 0.3) is 0 Å². The van der Waals surface area contributed by atoms with E-state index in [1.807, 2.05) is 54.6 Å². The number of aliphatic hydroxyl groups excluding tert-OH is 1. The Bertz CT molecular complexity index is 486. The summed E-state index contributed by atoms with van der Waals surface area (Å²) in [7, 11) is 0. The van der Waals surface area contributed by atoms with Gasteiger partial charge >= 0.3 is 0 Å². The van der Waals surface area contributed by atoms with E-state index in [9.17, 15) is 5.11 Å². The molecule has 0 saturated heterocycles. The molecule has 1 aliphatic carbocycles. The maximum Gasteiger partial charge on any atom is 0.168 e. The van der Waals surface area contributed by atoms with E-state index in [4.69, 9.17) is 4.42 Å². The van der Waals surface area contributed by atoms with E-state index in [2.05, 4.69) is 0 Å². The first-order valence-corrected chi connectivity index (χ1v) is 5.36. The number of hydrogen-bond acceptors (Lipinski definition) is 2. The van der Waals surface area contributed by atoms with Crippen LogP contribution in [0.4, 0.5) is 0 Å². The molecular formula is C15H13FeO2-. The van der Waals surface area contributed by atoms with Gasteiger partial charge in [0.1, 0.15) is 0 Å². The number of furan rings is 1. The monoisotopic (exact) mass is 281 g/mol. The molecule has 2 aromatic rings. The van der Waals surface area contributed by atoms with Gasteiger partial charge in [0.05, 0.1) is 6.26 Å². The molecule has 94 valence electrons. The summed E-state index contributed by atoms with van der Waals surface area (Å²) in [5.74, 6) is 0.686. The molecule has 0 radical (unpaired) electrons. The Labute approximate surface area is 117 Å². The van der Waals surface area contributed by atoms with Gasteiger partial charge < -0.3 is 9.52 Å². The fourth-order valence-electron chi connectivity index (χ4n) is 1.41. The van der Waals surface area contributed by atoms with Crippen LogP contribution >= 0.6 is 0 Å². The fourth-order valence-corrected chi connectivity index (χ4v) is 1.41. The van der Waals surface area contributed by atoms with E-state index in [1.54, 1.807) is 12.1 Å². The molecule has 0 bridgehead atoms. The largest absolute Gasteiger partial charge is 0.504 e. The van der Waals surface area contributed by atoms with Crippen molar-refractivity contribution in [1.82, 2.24) is 0 Å². The molecule has 0 fully saturated rings. The van der Waals surface area contributed by atoms with Crippen LogP contribution in [0.15, 0.2) is 83.0 Å². The van der Waals surface area contributed by atoms with Crippen molar-refractivity contribution >= 4 is 5.76 Å². The Balaban J connectivity index is 0.000000230. The van der Waals surface area contributed by atoms with Crippen LogP contribution in [-0.4, -0.2) is 5.11 Å². The van der Waals surface area contributed by atoms with Gasteiger partial charge in [-0.3, -0.25) is 0 Å². The Kier molecular flexibility index (Phi) is 5.92. The summed E-state index contributed by atoms with van der Waals surface area (Å²) in [6, 6.07) is 13.5. The Morgan fingerprint density at radius 1 is 1.06 bits per heavy atom. The zero-order chi connectivity index (χ0) is 11.9. The minimum absolute atomic E-state index is 0. The van der Waals surface area contributed by atoms with Crippen molar-refractivity contribution in [3.8, 4) is 0 Å². The topological polar surface area (TPSA) is 33.4 Å². The van der Waals surface area contributed by atoms with Crippen molar-refractivity contribution in [3.63, 3.8) is 0 Å². The molecule has 2 nitrogen and oxygen atoms in total. The van der Waals surface area contributed by atoms with Gasteiger partial charge in [-0.15, -0.1) is 0 Å². The van der Waals surface area contributed by atoms with Crippen molar-refractivity contribution in [2.24, 2.45) is 0 Å². The van der Waals surface area contributed by atoms with Crippen LogP contribution in [0.2, 0.25) is 0 Å². The first-order chi connectivity index (χ1) is 8.38. The zero-order valence-corrected chi connectivity index (χ0v) is 10.7. The van der Waals surface area contributed by atoms with Crippen molar-refractivity contribution in [2.45, 2.75) is 0 Å². The van der Waals surface area contributed by atoms with Gasteiger partial charge in [-0.25, -0.2) is 12.1 Å². The van der Waals surface area contributed by atoms with Crippen LogP contribution in [-0.2, 0) is 17.1 Å². The second-order valence-corrected chi connectivity index (χ2v) is 3.46. The first-order valence-electron chi connectivity index (χ1n) is 5.36. The van der Waals surface area contributed by atoms with E-state index in [-0.39, 0.29) is 22.8 Å². The van der Waals surface area contributed by atoms with E-state index in [0.29, 0.717) is 5.76 Å². The molecule has 0 amide bonds. The average Bonchev–Trinajstić information content (AvgIpc) is 3.11. The minimum atomic E-state index is 0. The van der Waals surface area contributed by atoms with Gasteiger partial charge in [0.15, 0.2) is 11.5 Å². The summed E-state index contributed by atoms with van der Waals surface area (Å²) in [5, 5.41) is 9.59. The van der Waals surface area contributed by atoms with Crippen LogP contribution in [0.5, 0.6) is 0 Å². The predicted molar refractivity (Wildman–Crippen MR) is 68.6 cm³/mol. The van der Waals surface area contributed by atoms with Crippen LogP contribution in [0.3, 0.4) is 0 Å². The van der Waals surface area contributed by atoms with Gasteiger partial charge in [0.2, 0.25) is 0 Å². The van der Waals surface area contributed by atoms with Crippen molar-refractivity contribution in [3.05, 3.63) is 84.4 Å². The second-order valence-electron chi connectivity index (χ2n) is 3.46. The van der Waals surface area contributed by atoms with Gasteiger partial charge in [-0.2, -0.15) is 18.2 Å². The third-order valence-corrected chi connectivity index (χ3v) is 2.25. The quantitative estimate of drug-likeness (QED) is 0.485. The van der Waals surface area contributed by atoms with Gasteiger partial charge in [-0.05, 0) is 12.1 Å². The molecule has 3 rings (SSSR count). The Morgan fingerprint density at radius 3 is 2.17 bits per heavy atom. The summed E-state index contributed by atoms with van der Waals surface area (Å²) in [6.07, 6.45) is 8.94. The van der Waals surface area contributed by atoms with Crippen LogP contribution < -0.4 is 0 Å². The van der Waals surface area contributed by atoms with E-state index in [0.717, 1.165) is 5.57 Å². The van der Waals surface area contributed by atoms with Crippen molar-refractivity contribution in [1.29, 1.82) is 0 Å². The summed E-state index contributed by atoms with van der Waals surface area (Å²) in [4.78, 5) is 0. The predicted octanol–water partition coefficient (Wildman–Crippen LogP) is 4.08. The Hall–Kier alpha value is -1.83. The number of aliphatic hydroxyl groups is 1. The molecule has 0 unspecified atom stereocenters. The maximum atomic E-state index is 9.59.